The number of terminal acetylenes is 2. The number of hydrogen-bond acceptors (Lipinski definition) is 4. The van der Waals surface area contributed by atoms with Gasteiger partial charge in [0.2, 0.25) is 15.9 Å². The van der Waals surface area contributed by atoms with Crippen LogP contribution in [0.4, 0.5) is 18.9 Å². The minimum atomic E-state index is -4.63. The molecule has 10 heteroatoms. The zero-order chi connectivity index (χ0) is 24.1. The van der Waals surface area contributed by atoms with E-state index in [0.717, 1.165) is 24.5 Å². The van der Waals surface area contributed by atoms with Gasteiger partial charge in [0, 0.05) is 23.7 Å². The Morgan fingerprint density at radius 2 is 1.91 bits per heavy atom. The molecule has 1 amide bonds. The highest BCUT2D eigenvalue weighted by molar-refractivity contribution is 7.92. The average Bonchev–Trinajstić information content (AvgIpc) is 2.70. The second-order valence-corrected chi connectivity index (χ2v) is 8.43. The Bertz CT molecular complexity index is 1270. The van der Waals surface area contributed by atoms with Gasteiger partial charge in [0.05, 0.1) is 11.9 Å². The van der Waals surface area contributed by atoms with E-state index in [9.17, 15) is 26.4 Å². The van der Waals surface area contributed by atoms with Crippen molar-refractivity contribution in [3.05, 3.63) is 64.0 Å². The number of pyridine rings is 1. The summed E-state index contributed by atoms with van der Waals surface area (Å²) in [6.45, 7) is 1.74. The van der Waals surface area contributed by atoms with Crippen LogP contribution in [-0.4, -0.2) is 25.6 Å². The van der Waals surface area contributed by atoms with Gasteiger partial charge >= 0.3 is 6.18 Å². The third-order valence-electron chi connectivity index (χ3n) is 4.07. The van der Waals surface area contributed by atoms with Crippen molar-refractivity contribution in [2.75, 3.05) is 11.0 Å². The van der Waals surface area contributed by atoms with Crippen molar-refractivity contribution in [3.8, 4) is 24.7 Å². The van der Waals surface area contributed by atoms with Gasteiger partial charge in [-0.05, 0) is 48.2 Å². The molecule has 2 N–H and O–H groups in total. The molecule has 0 aliphatic carbocycles. The quantitative estimate of drug-likeness (QED) is 0.511. The molecule has 0 atom stereocenters. The second kappa shape index (κ2) is 9.58. The highest BCUT2D eigenvalue weighted by atomic mass is 32.2. The summed E-state index contributed by atoms with van der Waals surface area (Å²) in [7, 11) is -3.53. The number of anilines is 1. The van der Waals surface area contributed by atoms with E-state index in [1.54, 1.807) is 19.1 Å². The van der Waals surface area contributed by atoms with Crippen LogP contribution < -0.4 is 10.0 Å². The molecule has 1 aromatic heterocycles. The monoisotopic (exact) mass is 461 g/mol. The Hall–Kier alpha value is -3.76. The van der Waals surface area contributed by atoms with Gasteiger partial charge in [-0.15, -0.1) is 12.8 Å². The number of hydrogen-bond donors (Lipinski definition) is 2. The summed E-state index contributed by atoms with van der Waals surface area (Å²) in [5.74, 6) is 3.93. The van der Waals surface area contributed by atoms with Crippen LogP contribution in [0.25, 0.3) is 6.08 Å². The number of nitrogens with one attached hydrogen (secondary N) is 2. The van der Waals surface area contributed by atoms with Crippen LogP contribution in [0.15, 0.2) is 30.3 Å². The first-order chi connectivity index (χ1) is 14.8. The van der Waals surface area contributed by atoms with Crippen molar-refractivity contribution < 1.29 is 26.4 Å². The molecule has 0 aliphatic rings. The van der Waals surface area contributed by atoms with Gasteiger partial charge in [0.15, 0.2) is 0 Å². The maximum atomic E-state index is 12.7. The van der Waals surface area contributed by atoms with Crippen LogP contribution in [-0.2, 0) is 27.5 Å². The highest BCUT2D eigenvalue weighted by Gasteiger charge is 2.32. The van der Waals surface area contributed by atoms with Gasteiger partial charge in [-0.3, -0.25) is 9.52 Å². The fourth-order valence-corrected chi connectivity index (χ4v) is 3.33. The van der Waals surface area contributed by atoms with Crippen LogP contribution in [0.2, 0.25) is 0 Å². The van der Waals surface area contributed by atoms with Crippen LogP contribution >= 0.6 is 0 Å². The van der Waals surface area contributed by atoms with Gasteiger partial charge in [0.25, 0.3) is 0 Å². The summed E-state index contributed by atoms with van der Waals surface area (Å²) >= 11 is 0. The maximum absolute atomic E-state index is 12.7. The van der Waals surface area contributed by atoms with Crippen molar-refractivity contribution in [2.24, 2.45) is 0 Å². The fraction of sp³-hybridized carbons (Fsp3) is 0.182. The van der Waals surface area contributed by atoms with E-state index >= 15 is 0 Å². The number of amides is 1. The van der Waals surface area contributed by atoms with Gasteiger partial charge in [0.1, 0.15) is 11.4 Å². The fourth-order valence-electron chi connectivity index (χ4n) is 2.69. The molecule has 166 valence electrons. The lowest BCUT2D eigenvalue weighted by Crippen LogP contribution is -2.20. The molecular weight excluding hydrogens is 443 g/mol. The molecule has 0 saturated heterocycles. The minimum Gasteiger partial charge on any atom is -0.348 e. The third kappa shape index (κ3) is 6.62. The molecule has 6 nitrogen and oxygen atoms in total. The average molecular weight is 461 g/mol. The van der Waals surface area contributed by atoms with Crippen LogP contribution in [0.5, 0.6) is 0 Å². The number of halogens is 3. The Kier molecular flexibility index (Phi) is 7.34. The topological polar surface area (TPSA) is 88.2 Å². The van der Waals surface area contributed by atoms with Crippen molar-refractivity contribution in [3.63, 3.8) is 0 Å². The molecule has 1 heterocycles. The lowest BCUT2D eigenvalue weighted by molar-refractivity contribution is -0.141. The number of carbonyl (C=O) groups is 1. The van der Waals surface area contributed by atoms with Crippen molar-refractivity contribution in [1.82, 2.24) is 10.3 Å². The molecule has 0 radical (unpaired) electrons. The number of alkyl halides is 3. The zero-order valence-corrected chi connectivity index (χ0v) is 17.9. The van der Waals surface area contributed by atoms with E-state index in [2.05, 4.69) is 26.9 Å². The molecular formula is C22H18F3N3O3S. The predicted octanol–water partition coefficient (Wildman–Crippen LogP) is 3.07. The summed E-state index contributed by atoms with van der Waals surface area (Å²) in [6.07, 6.45) is 9.43. The third-order valence-corrected chi connectivity index (χ3v) is 4.65. The van der Waals surface area contributed by atoms with Gasteiger partial charge in [-0.25, -0.2) is 13.4 Å². The van der Waals surface area contributed by atoms with E-state index in [0.29, 0.717) is 16.7 Å². The number of aromatic nitrogens is 1. The molecule has 2 rings (SSSR count). The summed E-state index contributed by atoms with van der Waals surface area (Å²) in [4.78, 5) is 15.5. The first-order valence-electron chi connectivity index (χ1n) is 8.92. The molecule has 2 aromatic rings. The standard InChI is InChI=1S/C22H18F3N3O3S/c1-5-16-12-15(11-14(3)21(16)28-32(4,30)31)13-26-20(29)10-8-17-7-9-19(22(23,24)25)27-18(17)6-2/h1-2,7-12,28H,13H2,3-4H3,(H,26,29)/b10-8+. The Morgan fingerprint density at radius 3 is 2.47 bits per heavy atom. The molecule has 0 saturated carbocycles. The lowest BCUT2D eigenvalue weighted by atomic mass is 10.0. The second-order valence-electron chi connectivity index (χ2n) is 6.68. The number of aryl methyl sites for hydroxylation is 1. The zero-order valence-electron chi connectivity index (χ0n) is 17.0. The Labute approximate surface area is 184 Å². The largest absolute Gasteiger partial charge is 0.433 e. The summed E-state index contributed by atoms with van der Waals surface area (Å²) in [6, 6.07) is 5.12. The molecule has 0 unspecified atom stereocenters. The van der Waals surface area contributed by atoms with Crippen LogP contribution in [0.1, 0.15) is 33.6 Å². The van der Waals surface area contributed by atoms with Crippen LogP contribution in [0.3, 0.4) is 0 Å². The first kappa shape index (κ1) is 24.5. The predicted molar refractivity (Wildman–Crippen MR) is 116 cm³/mol. The van der Waals surface area contributed by atoms with Gasteiger partial charge in [-0.2, -0.15) is 13.2 Å². The first-order valence-corrected chi connectivity index (χ1v) is 10.8. The molecule has 0 aliphatic heterocycles. The number of carbonyl (C=O) groups excluding carboxylic acids is 1. The molecule has 1 aromatic carbocycles. The van der Waals surface area contributed by atoms with E-state index < -0.39 is 27.8 Å². The van der Waals surface area contributed by atoms with Gasteiger partial charge < -0.3 is 5.32 Å². The molecule has 0 fully saturated rings. The maximum Gasteiger partial charge on any atom is 0.433 e. The number of rotatable bonds is 6. The summed E-state index contributed by atoms with van der Waals surface area (Å²) in [5, 5.41) is 2.60. The number of benzene rings is 1. The van der Waals surface area contributed by atoms with Gasteiger partial charge in [-0.1, -0.05) is 12.0 Å². The summed E-state index contributed by atoms with van der Waals surface area (Å²) < 4.78 is 63.6. The van der Waals surface area contributed by atoms with E-state index in [-0.39, 0.29) is 23.5 Å². The summed E-state index contributed by atoms with van der Waals surface area (Å²) in [5.41, 5.74) is 0.591. The number of sulfonamides is 1. The highest BCUT2D eigenvalue weighted by Crippen LogP contribution is 2.28. The Balaban J connectivity index is 2.14. The van der Waals surface area contributed by atoms with Crippen molar-refractivity contribution in [2.45, 2.75) is 19.6 Å². The smallest absolute Gasteiger partial charge is 0.348 e. The Morgan fingerprint density at radius 1 is 1.22 bits per heavy atom. The molecule has 0 bridgehead atoms. The normalized spacial score (nSPS) is 11.6. The SMILES string of the molecule is C#Cc1cc(CNC(=O)/C=C/c2ccc(C(F)(F)F)nc2C#C)cc(C)c1NS(C)(=O)=O. The molecule has 0 spiro atoms. The lowest BCUT2D eigenvalue weighted by Gasteiger charge is -2.13. The van der Waals surface area contributed by atoms with Crippen molar-refractivity contribution in [1.29, 1.82) is 0 Å². The van der Waals surface area contributed by atoms with E-state index in [4.69, 9.17) is 12.8 Å². The number of nitrogens with zero attached hydrogens (tertiary/aromatic N) is 1. The minimum absolute atomic E-state index is 0.0745. The van der Waals surface area contributed by atoms with Crippen molar-refractivity contribution >= 4 is 27.7 Å². The van der Waals surface area contributed by atoms with E-state index in [1.165, 1.54) is 6.08 Å². The molecule has 32 heavy (non-hydrogen) atoms. The van der Waals surface area contributed by atoms with Crippen LogP contribution in [0, 0.1) is 31.6 Å². The van der Waals surface area contributed by atoms with E-state index in [1.807, 2.05) is 0 Å².